The second-order valence-electron chi connectivity index (χ2n) is 6.25. The first-order valence-electron chi connectivity index (χ1n) is 7.29. The Bertz CT molecular complexity index is 415. The number of likely N-dealkylation sites (tertiary alicyclic amines) is 1. The summed E-state index contributed by atoms with van der Waals surface area (Å²) in [5.41, 5.74) is 6.11. The fourth-order valence-electron chi connectivity index (χ4n) is 2.59. The van der Waals surface area contributed by atoms with Crippen LogP contribution in [0.25, 0.3) is 0 Å². The lowest BCUT2D eigenvalue weighted by Crippen LogP contribution is -2.39. The Labute approximate surface area is 115 Å². The van der Waals surface area contributed by atoms with E-state index in [2.05, 4.69) is 28.9 Å². The maximum atomic E-state index is 6.54. The van der Waals surface area contributed by atoms with E-state index >= 15 is 0 Å². The van der Waals surface area contributed by atoms with Crippen molar-refractivity contribution in [3.05, 3.63) is 11.7 Å². The van der Waals surface area contributed by atoms with Gasteiger partial charge in [0.2, 0.25) is 5.89 Å². The van der Waals surface area contributed by atoms with Gasteiger partial charge in [-0.1, -0.05) is 19.0 Å². The van der Waals surface area contributed by atoms with Crippen LogP contribution in [0.2, 0.25) is 0 Å². The van der Waals surface area contributed by atoms with Crippen LogP contribution in [0.1, 0.15) is 64.6 Å². The molecule has 0 radical (unpaired) electrons. The topological polar surface area (TPSA) is 68.2 Å². The first-order valence-corrected chi connectivity index (χ1v) is 7.29. The molecule has 2 N–H and O–H groups in total. The molecule has 1 saturated heterocycles. The third-order valence-electron chi connectivity index (χ3n) is 4.02. The van der Waals surface area contributed by atoms with Gasteiger partial charge in [-0.05, 0) is 39.7 Å². The summed E-state index contributed by atoms with van der Waals surface area (Å²) in [4.78, 5) is 6.97. The third-order valence-corrected chi connectivity index (χ3v) is 4.02. The van der Waals surface area contributed by atoms with Crippen LogP contribution in [-0.2, 0) is 5.54 Å². The lowest BCUT2D eigenvalue weighted by Gasteiger charge is -2.26. The van der Waals surface area contributed by atoms with E-state index in [4.69, 9.17) is 10.3 Å². The molecule has 1 aromatic heterocycles. The van der Waals surface area contributed by atoms with Gasteiger partial charge in [-0.2, -0.15) is 4.98 Å². The van der Waals surface area contributed by atoms with Gasteiger partial charge in [-0.3, -0.25) is 0 Å². The molecule has 0 spiro atoms. The van der Waals surface area contributed by atoms with E-state index in [1.165, 1.54) is 0 Å². The molecule has 1 aromatic rings. The maximum absolute atomic E-state index is 6.54. The fourth-order valence-corrected chi connectivity index (χ4v) is 2.59. The molecule has 0 amide bonds. The predicted octanol–water partition coefficient (Wildman–Crippen LogP) is 2.24. The van der Waals surface area contributed by atoms with E-state index in [1.807, 2.05) is 13.8 Å². The van der Waals surface area contributed by atoms with Crippen molar-refractivity contribution in [2.45, 2.75) is 64.5 Å². The first kappa shape index (κ1) is 14.5. The highest BCUT2D eigenvalue weighted by molar-refractivity contribution is 5.06. The zero-order valence-electron chi connectivity index (χ0n) is 12.5. The largest absolute Gasteiger partial charge is 0.339 e. The summed E-state index contributed by atoms with van der Waals surface area (Å²) in [6.07, 6.45) is 2.90. The summed E-state index contributed by atoms with van der Waals surface area (Å²) in [5, 5.41) is 4.11. The number of nitrogens with zero attached hydrogens (tertiary/aromatic N) is 3. The van der Waals surface area contributed by atoms with Crippen LogP contribution in [0.5, 0.6) is 0 Å². The smallest absolute Gasteiger partial charge is 0.229 e. The zero-order chi connectivity index (χ0) is 14.0. The normalized spacial score (nSPS) is 26.1. The number of hydrogen-bond acceptors (Lipinski definition) is 5. The summed E-state index contributed by atoms with van der Waals surface area (Å²) in [6.45, 7) is 10.7. The van der Waals surface area contributed by atoms with Crippen LogP contribution in [0.15, 0.2) is 4.52 Å². The molecule has 1 aliphatic rings. The van der Waals surface area contributed by atoms with Gasteiger partial charge in [0, 0.05) is 18.5 Å². The van der Waals surface area contributed by atoms with E-state index in [0.717, 1.165) is 32.4 Å². The molecule has 5 heteroatoms. The van der Waals surface area contributed by atoms with Crippen LogP contribution < -0.4 is 5.73 Å². The van der Waals surface area contributed by atoms with Crippen LogP contribution in [-0.4, -0.2) is 34.2 Å². The van der Waals surface area contributed by atoms with Crippen molar-refractivity contribution < 1.29 is 4.52 Å². The monoisotopic (exact) mass is 266 g/mol. The molecule has 1 aliphatic heterocycles. The predicted molar refractivity (Wildman–Crippen MR) is 74.8 cm³/mol. The highest BCUT2D eigenvalue weighted by Crippen LogP contribution is 2.29. The molecule has 0 aliphatic carbocycles. The molecule has 2 rings (SSSR count). The summed E-state index contributed by atoms with van der Waals surface area (Å²) in [5.74, 6) is 1.62. The number of nitrogens with two attached hydrogens (primary N) is 1. The van der Waals surface area contributed by atoms with Gasteiger partial charge in [-0.25, -0.2) is 0 Å². The molecule has 0 aromatic carbocycles. The fraction of sp³-hybridized carbons (Fsp3) is 0.857. The average molecular weight is 266 g/mol. The van der Waals surface area contributed by atoms with E-state index in [-0.39, 0.29) is 5.92 Å². The van der Waals surface area contributed by atoms with Gasteiger partial charge < -0.3 is 15.2 Å². The Morgan fingerprint density at radius 1 is 1.21 bits per heavy atom. The highest BCUT2D eigenvalue weighted by atomic mass is 16.5. The molecule has 5 nitrogen and oxygen atoms in total. The molecule has 2 heterocycles. The number of aromatic nitrogens is 2. The highest BCUT2D eigenvalue weighted by Gasteiger charge is 2.35. The van der Waals surface area contributed by atoms with Crippen LogP contribution in [0.4, 0.5) is 0 Å². The van der Waals surface area contributed by atoms with Crippen molar-refractivity contribution >= 4 is 0 Å². The molecule has 0 saturated carbocycles. The third kappa shape index (κ3) is 3.15. The van der Waals surface area contributed by atoms with Gasteiger partial charge >= 0.3 is 0 Å². The minimum atomic E-state index is -0.430. The van der Waals surface area contributed by atoms with E-state index in [0.29, 0.717) is 17.8 Å². The molecule has 0 bridgehead atoms. The van der Waals surface area contributed by atoms with Crippen LogP contribution in [0, 0.1) is 0 Å². The Morgan fingerprint density at radius 3 is 2.53 bits per heavy atom. The summed E-state index contributed by atoms with van der Waals surface area (Å²) >= 11 is 0. The van der Waals surface area contributed by atoms with E-state index in [9.17, 15) is 0 Å². The Balaban J connectivity index is 2.13. The van der Waals surface area contributed by atoms with Crippen LogP contribution >= 0.6 is 0 Å². The summed E-state index contributed by atoms with van der Waals surface area (Å²) in [7, 11) is 0. The van der Waals surface area contributed by atoms with Gasteiger partial charge in [0.05, 0.1) is 5.54 Å². The molecule has 1 fully saturated rings. The zero-order valence-corrected chi connectivity index (χ0v) is 12.5. The molecule has 1 unspecified atom stereocenters. The Kier molecular flexibility index (Phi) is 4.26. The van der Waals surface area contributed by atoms with Gasteiger partial charge in [0.1, 0.15) is 0 Å². The Morgan fingerprint density at radius 2 is 1.95 bits per heavy atom. The van der Waals surface area contributed by atoms with Crippen molar-refractivity contribution in [2.24, 2.45) is 5.73 Å². The molecule has 1 atom stereocenters. The second-order valence-corrected chi connectivity index (χ2v) is 6.25. The van der Waals surface area contributed by atoms with Gasteiger partial charge in [0.15, 0.2) is 5.82 Å². The maximum Gasteiger partial charge on any atom is 0.229 e. The quantitative estimate of drug-likeness (QED) is 0.908. The number of hydrogen-bond donors (Lipinski definition) is 1. The second kappa shape index (κ2) is 5.59. The SMILES string of the molecule is CC(C)c1nc(C2(N)CCCN(C(C)C)CC2)no1. The molecular weight excluding hydrogens is 240 g/mol. The van der Waals surface area contributed by atoms with Gasteiger partial charge in [0.25, 0.3) is 0 Å². The number of rotatable bonds is 3. The van der Waals surface area contributed by atoms with Crippen molar-refractivity contribution in [2.75, 3.05) is 13.1 Å². The minimum Gasteiger partial charge on any atom is -0.339 e. The van der Waals surface area contributed by atoms with Gasteiger partial charge in [-0.15, -0.1) is 0 Å². The lowest BCUT2D eigenvalue weighted by molar-refractivity contribution is 0.223. The minimum absolute atomic E-state index is 0.253. The van der Waals surface area contributed by atoms with Crippen molar-refractivity contribution in [1.82, 2.24) is 15.0 Å². The van der Waals surface area contributed by atoms with Crippen molar-refractivity contribution in [3.8, 4) is 0 Å². The lowest BCUT2D eigenvalue weighted by atomic mass is 9.91. The first-order chi connectivity index (χ1) is 8.92. The summed E-state index contributed by atoms with van der Waals surface area (Å²) in [6, 6.07) is 0.568. The van der Waals surface area contributed by atoms with E-state index < -0.39 is 5.54 Å². The summed E-state index contributed by atoms with van der Waals surface area (Å²) < 4.78 is 5.30. The molecule has 19 heavy (non-hydrogen) atoms. The molecular formula is C14H26N4O. The van der Waals surface area contributed by atoms with Crippen LogP contribution in [0.3, 0.4) is 0 Å². The standard InChI is InChI=1S/C14H26N4O/c1-10(2)12-16-13(17-19-12)14(15)6-5-8-18(9-7-14)11(3)4/h10-11H,5-9,15H2,1-4H3. The Hall–Kier alpha value is -0.940. The van der Waals surface area contributed by atoms with E-state index in [1.54, 1.807) is 0 Å². The van der Waals surface area contributed by atoms with Crippen molar-refractivity contribution in [3.63, 3.8) is 0 Å². The van der Waals surface area contributed by atoms with Crippen molar-refractivity contribution in [1.29, 1.82) is 0 Å². The average Bonchev–Trinajstić information content (AvgIpc) is 2.75. The molecule has 108 valence electrons.